The molecule has 5 heteroatoms. The van der Waals surface area contributed by atoms with Crippen LogP contribution in [0.15, 0.2) is 0 Å². The van der Waals surface area contributed by atoms with Gasteiger partial charge < -0.3 is 20.3 Å². The van der Waals surface area contributed by atoms with Gasteiger partial charge in [-0.1, -0.05) is 0 Å². The summed E-state index contributed by atoms with van der Waals surface area (Å²) in [5.41, 5.74) is -0.0312. The van der Waals surface area contributed by atoms with Gasteiger partial charge in [-0.15, -0.1) is 0 Å². The van der Waals surface area contributed by atoms with E-state index in [-0.39, 0.29) is 24.4 Å². The zero-order valence-electron chi connectivity index (χ0n) is 11.1. The molecular weight excluding hydrogens is 210 g/mol. The summed E-state index contributed by atoms with van der Waals surface area (Å²) in [7, 11) is 0. The highest BCUT2D eigenvalue weighted by Gasteiger charge is 2.19. The quantitative estimate of drug-likeness (QED) is 0.682. The summed E-state index contributed by atoms with van der Waals surface area (Å²) in [6.45, 7) is 12.4. The van der Waals surface area contributed by atoms with E-state index in [2.05, 4.69) is 41.5 Å². The van der Waals surface area contributed by atoms with Crippen molar-refractivity contribution >= 4 is 6.09 Å². The third kappa shape index (κ3) is 23.2. The molecule has 0 aromatic rings. The molecule has 0 fully saturated rings. The fourth-order valence-electron chi connectivity index (χ4n) is 1.08. The lowest BCUT2D eigenvalue weighted by molar-refractivity contribution is -0.102. The van der Waals surface area contributed by atoms with Crippen molar-refractivity contribution in [2.75, 3.05) is 13.2 Å². The van der Waals surface area contributed by atoms with Gasteiger partial charge in [0.1, 0.15) is 0 Å². The molecule has 5 nitrogen and oxygen atoms in total. The molecule has 1 amide bonds. The minimum atomic E-state index is -1.10. The Kier molecular flexibility index (Phi) is 8.20. The van der Waals surface area contributed by atoms with Gasteiger partial charge in [0.05, 0.1) is 17.8 Å². The topological polar surface area (TPSA) is 78.8 Å². The molecule has 0 aromatic carbocycles. The standard InChI is InChI=1S/C8H18O.C3H7NO3/c1-7(2,3)9-8(4,5)6;5-2-1-4-3(6)7/h1-6H3;4-5H,1-2H2,(H,6,7). The second-order valence-corrected chi connectivity index (χ2v) is 5.28. The smallest absolute Gasteiger partial charge is 0.404 e. The molecule has 0 aliphatic carbocycles. The predicted octanol–water partition coefficient (Wildman–Crippen LogP) is 1.85. The first kappa shape index (κ1) is 17.6. The summed E-state index contributed by atoms with van der Waals surface area (Å²) in [5, 5.41) is 17.8. The minimum absolute atomic E-state index is 0.0156. The van der Waals surface area contributed by atoms with Crippen molar-refractivity contribution in [2.24, 2.45) is 0 Å². The van der Waals surface area contributed by atoms with Crippen LogP contribution >= 0.6 is 0 Å². The highest BCUT2D eigenvalue weighted by Crippen LogP contribution is 2.17. The van der Waals surface area contributed by atoms with Crippen LogP contribution in [0, 0.1) is 0 Å². The van der Waals surface area contributed by atoms with Crippen molar-refractivity contribution in [1.82, 2.24) is 5.32 Å². The molecule has 0 bridgehead atoms. The first-order chi connectivity index (χ1) is 6.98. The van der Waals surface area contributed by atoms with E-state index in [4.69, 9.17) is 14.9 Å². The maximum atomic E-state index is 9.54. The molecule has 0 heterocycles. The van der Waals surface area contributed by atoms with Crippen molar-refractivity contribution in [3.8, 4) is 0 Å². The predicted molar refractivity (Wildman–Crippen MR) is 63.7 cm³/mol. The summed E-state index contributed by atoms with van der Waals surface area (Å²) in [6, 6.07) is 0. The van der Waals surface area contributed by atoms with E-state index in [1.165, 1.54) is 0 Å². The number of ether oxygens (including phenoxy) is 1. The van der Waals surface area contributed by atoms with Crippen LogP contribution in [0.4, 0.5) is 4.79 Å². The summed E-state index contributed by atoms with van der Waals surface area (Å²) < 4.78 is 5.62. The van der Waals surface area contributed by atoms with E-state index in [0.29, 0.717) is 0 Å². The molecule has 0 aromatic heterocycles. The summed E-state index contributed by atoms with van der Waals surface area (Å²) >= 11 is 0. The monoisotopic (exact) mass is 235 g/mol. The lowest BCUT2D eigenvalue weighted by Gasteiger charge is -2.30. The molecule has 0 spiro atoms. The second kappa shape index (κ2) is 7.46. The zero-order chi connectivity index (χ0) is 13.4. The van der Waals surface area contributed by atoms with Crippen LogP contribution in [-0.4, -0.2) is 40.7 Å². The molecule has 0 saturated heterocycles. The van der Waals surface area contributed by atoms with E-state index >= 15 is 0 Å². The van der Waals surface area contributed by atoms with E-state index in [9.17, 15) is 4.79 Å². The Morgan fingerprint density at radius 2 is 1.50 bits per heavy atom. The summed E-state index contributed by atoms with van der Waals surface area (Å²) in [5.74, 6) is 0. The van der Waals surface area contributed by atoms with Crippen LogP contribution in [0.1, 0.15) is 41.5 Å². The lowest BCUT2D eigenvalue weighted by Crippen LogP contribution is -2.31. The minimum Gasteiger partial charge on any atom is -0.465 e. The van der Waals surface area contributed by atoms with Gasteiger partial charge in [-0.2, -0.15) is 0 Å². The van der Waals surface area contributed by atoms with Gasteiger partial charge in [-0.3, -0.25) is 0 Å². The van der Waals surface area contributed by atoms with E-state index in [1.54, 1.807) is 0 Å². The van der Waals surface area contributed by atoms with Crippen molar-refractivity contribution in [3.05, 3.63) is 0 Å². The summed E-state index contributed by atoms with van der Waals surface area (Å²) in [4.78, 5) is 9.54. The molecule has 0 aliphatic heterocycles. The van der Waals surface area contributed by atoms with Gasteiger partial charge in [-0.25, -0.2) is 4.79 Å². The Hall–Kier alpha value is -0.810. The number of rotatable bonds is 2. The van der Waals surface area contributed by atoms with Gasteiger partial charge in [0.15, 0.2) is 0 Å². The molecule has 0 unspecified atom stereocenters. The third-order valence-electron chi connectivity index (χ3n) is 1.00. The second-order valence-electron chi connectivity index (χ2n) is 5.28. The Morgan fingerprint density at radius 3 is 1.56 bits per heavy atom. The Morgan fingerprint density at radius 1 is 1.12 bits per heavy atom. The van der Waals surface area contributed by atoms with Crippen molar-refractivity contribution in [1.29, 1.82) is 0 Å². The van der Waals surface area contributed by atoms with Gasteiger partial charge >= 0.3 is 6.09 Å². The molecular formula is C11H25NO4. The van der Waals surface area contributed by atoms with Gasteiger partial charge in [0.25, 0.3) is 0 Å². The molecule has 0 aliphatic rings. The van der Waals surface area contributed by atoms with Crippen molar-refractivity contribution in [2.45, 2.75) is 52.7 Å². The Labute approximate surface area is 97.8 Å². The maximum absolute atomic E-state index is 9.54. The number of aliphatic hydroxyl groups is 1. The Balaban J connectivity index is 0. The number of carboxylic acid groups (broad SMARTS) is 1. The molecule has 0 radical (unpaired) electrons. The number of hydrogen-bond donors (Lipinski definition) is 3. The van der Waals surface area contributed by atoms with Crippen LogP contribution in [-0.2, 0) is 4.74 Å². The fourth-order valence-corrected chi connectivity index (χ4v) is 1.08. The van der Waals surface area contributed by atoms with Gasteiger partial charge in [-0.05, 0) is 41.5 Å². The van der Waals surface area contributed by atoms with Crippen molar-refractivity contribution in [3.63, 3.8) is 0 Å². The highest BCUT2D eigenvalue weighted by atomic mass is 16.5. The normalized spacial score (nSPS) is 11.4. The van der Waals surface area contributed by atoms with Crippen LogP contribution in [0.3, 0.4) is 0 Å². The highest BCUT2D eigenvalue weighted by molar-refractivity contribution is 5.64. The number of carbonyl (C=O) groups is 1. The van der Waals surface area contributed by atoms with E-state index < -0.39 is 6.09 Å². The molecule has 0 saturated carbocycles. The number of aliphatic hydroxyl groups excluding tert-OH is 1. The molecule has 0 rings (SSSR count). The van der Waals surface area contributed by atoms with Crippen LogP contribution in [0.2, 0.25) is 0 Å². The van der Waals surface area contributed by atoms with E-state index in [1.807, 2.05) is 5.32 Å². The lowest BCUT2D eigenvalue weighted by atomic mass is 10.1. The van der Waals surface area contributed by atoms with Gasteiger partial charge in [0.2, 0.25) is 0 Å². The average molecular weight is 235 g/mol. The SMILES string of the molecule is CC(C)(C)OC(C)(C)C.O=C(O)NCCO. The molecule has 0 atom stereocenters. The number of hydrogen-bond acceptors (Lipinski definition) is 3. The number of nitrogens with one attached hydrogen (secondary N) is 1. The van der Waals surface area contributed by atoms with Crippen molar-refractivity contribution < 1.29 is 19.7 Å². The first-order valence-electron chi connectivity index (χ1n) is 5.26. The summed E-state index contributed by atoms with van der Waals surface area (Å²) in [6.07, 6.45) is -1.10. The largest absolute Gasteiger partial charge is 0.465 e. The van der Waals surface area contributed by atoms with E-state index in [0.717, 1.165) is 0 Å². The Bertz CT molecular complexity index is 179. The third-order valence-corrected chi connectivity index (χ3v) is 1.00. The first-order valence-corrected chi connectivity index (χ1v) is 5.26. The molecule has 3 N–H and O–H groups in total. The average Bonchev–Trinajstić information content (AvgIpc) is 1.94. The number of amides is 1. The van der Waals surface area contributed by atoms with Crippen LogP contribution < -0.4 is 5.32 Å². The maximum Gasteiger partial charge on any atom is 0.404 e. The van der Waals surface area contributed by atoms with Crippen LogP contribution in [0.25, 0.3) is 0 Å². The molecule has 16 heavy (non-hydrogen) atoms. The van der Waals surface area contributed by atoms with Gasteiger partial charge in [0, 0.05) is 6.54 Å². The molecule has 98 valence electrons. The zero-order valence-corrected chi connectivity index (χ0v) is 11.1. The van der Waals surface area contributed by atoms with Crippen LogP contribution in [0.5, 0.6) is 0 Å². The fraction of sp³-hybridized carbons (Fsp3) is 0.909.